The lowest BCUT2D eigenvalue weighted by Gasteiger charge is -2.13. The largest absolute Gasteiger partial charge is 0.379 e. The van der Waals surface area contributed by atoms with Crippen molar-refractivity contribution in [3.63, 3.8) is 0 Å². The van der Waals surface area contributed by atoms with E-state index in [-0.39, 0.29) is 0 Å². The molecule has 3 heteroatoms. The molecule has 0 bridgehead atoms. The normalized spacial score (nSPS) is 19.4. The molecule has 0 spiro atoms. The Morgan fingerprint density at radius 1 is 1.18 bits per heavy atom. The molecule has 1 aliphatic heterocycles. The molecule has 0 aromatic carbocycles. The first-order valence-corrected chi connectivity index (χ1v) is 4.97. The summed E-state index contributed by atoms with van der Waals surface area (Å²) in [6, 6.07) is 0. The van der Waals surface area contributed by atoms with E-state index in [0.717, 1.165) is 25.5 Å². The Labute approximate surface area is 74.3 Å². The van der Waals surface area contributed by atoms with E-state index in [1.807, 2.05) is 0 Å². The summed E-state index contributed by atoms with van der Waals surface area (Å²) in [6.45, 7) is 5.31. The second-order valence-corrected chi connectivity index (χ2v) is 3.33. The standard InChI is InChI=1S/C8H17NOS/c11-8-7-10-6-5-9-3-1-2-4-9/h11H,1-8H2. The van der Waals surface area contributed by atoms with Gasteiger partial charge in [-0.25, -0.2) is 0 Å². The van der Waals surface area contributed by atoms with Gasteiger partial charge in [-0.15, -0.1) is 0 Å². The summed E-state index contributed by atoms with van der Waals surface area (Å²) >= 11 is 4.06. The highest BCUT2D eigenvalue weighted by atomic mass is 32.1. The Morgan fingerprint density at radius 2 is 1.91 bits per heavy atom. The fourth-order valence-electron chi connectivity index (χ4n) is 1.37. The van der Waals surface area contributed by atoms with E-state index in [1.165, 1.54) is 25.9 Å². The third kappa shape index (κ3) is 3.99. The molecule has 1 fully saturated rings. The van der Waals surface area contributed by atoms with E-state index in [1.54, 1.807) is 0 Å². The van der Waals surface area contributed by atoms with Crippen LogP contribution in [-0.4, -0.2) is 43.5 Å². The van der Waals surface area contributed by atoms with Gasteiger partial charge in [0.1, 0.15) is 0 Å². The van der Waals surface area contributed by atoms with Crippen LogP contribution in [0.1, 0.15) is 12.8 Å². The monoisotopic (exact) mass is 175 g/mol. The van der Waals surface area contributed by atoms with Crippen LogP contribution in [0.3, 0.4) is 0 Å². The van der Waals surface area contributed by atoms with Crippen molar-refractivity contribution in [3.05, 3.63) is 0 Å². The van der Waals surface area contributed by atoms with E-state index in [9.17, 15) is 0 Å². The second kappa shape index (κ2) is 5.86. The predicted molar refractivity (Wildman–Crippen MR) is 50.3 cm³/mol. The molecule has 1 heterocycles. The highest BCUT2D eigenvalue weighted by Crippen LogP contribution is 2.05. The third-order valence-electron chi connectivity index (χ3n) is 1.99. The second-order valence-electron chi connectivity index (χ2n) is 2.88. The molecule has 0 aliphatic carbocycles. The topological polar surface area (TPSA) is 12.5 Å². The maximum absolute atomic E-state index is 5.33. The molecule has 0 saturated carbocycles. The van der Waals surface area contributed by atoms with Crippen LogP contribution in [0, 0.1) is 0 Å². The van der Waals surface area contributed by atoms with Crippen LogP contribution >= 0.6 is 12.6 Å². The smallest absolute Gasteiger partial charge is 0.0593 e. The minimum Gasteiger partial charge on any atom is -0.379 e. The van der Waals surface area contributed by atoms with Crippen LogP contribution in [-0.2, 0) is 4.74 Å². The lowest BCUT2D eigenvalue weighted by atomic mass is 10.4. The summed E-state index contributed by atoms with van der Waals surface area (Å²) < 4.78 is 5.33. The zero-order chi connectivity index (χ0) is 7.94. The van der Waals surface area contributed by atoms with Gasteiger partial charge < -0.3 is 9.64 Å². The van der Waals surface area contributed by atoms with E-state index < -0.39 is 0 Å². The molecule has 1 saturated heterocycles. The molecule has 66 valence electrons. The molecule has 0 amide bonds. The van der Waals surface area contributed by atoms with Crippen molar-refractivity contribution >= 4 is 12.6 Å². The first-order valence-electron chi connectivity index (χ1n) is 4.34. The molecule has 0 aromatic heterocycles. The number of ether oxygens (including phenoxy) is 1. The third-order valence-corrected chi connectivity index (χ3v) is 2.17. The highest BCUT2D eigenvalue weighted by molar-refractivity contribution is 7.80. The van der Waals surface area contributed by atoms with E-state index in [4.69, 9.17) is 4.74 Å². The molecule has 0 atom stereocenters. The van der Waals surface area contributed by atoms with Gasteiger partial charge in [0.15, 0.2) is 0 Å². The summed E-state index contributed by atoms with van der Waals surface area (Å²) in [6.07, 6.45) is 2.74. The van der Waals surface area contributed by atoms with Crippen LogP contribution in [0.25, 0.3) is 0 Å². The molecule has 0 unspecified atom stereocenters. The Kier molecular flexibility index (Phi) is 4.99. The molecular weight excluding hydrogens is 158 g/mol. The highest BCUT2D eigenvalue weighted by Gasteiger charge is 2.09. The van der Waals surface area contributed by atoms with Crippen LogP contribution in [0.4, 0.5) is 0 Å². The molecule has 11 heavy (non-hydrogen) atoms. The van der Waals surface area contributed by atoms with Crippen molar-refractivity contribution in [3.8, 4) is 0 Å². The van der Waals surface area contributed by atoms with Gasteiger partial charge in [-0.3, -0.25) is 0 Å². The predicted octanol–water partition coefficient (Wildman–Crippen LogP) is 1.03. The van der Waals surface area contributed by atoms with Gasteiger partial charge in [0.25, 0.3) is 0 Å². The Balaban J connectivity index is 1.86. The number of nitrogens with zero attached hydrogens (tertiary/aromatic N) is 1. The average molecular weight is 175 g/mol. The molecule has 0 radical (unpaired) electrons. The number of rotatable bonds is 5. The Morgan fingerprint density at radius 3 is 2.55 bits per heavy atom. The Hall–Kier alpha value is 0.270. The Bertz CT molecular complexity index is 94.1. The maximum Gasteiger partial charge on any atom is 0.0593 e. The SMILES string of the molecule is SCCOCCN1CCCC1. The van der Waals surface area contributed by atoms with Crippen molar-refractivity contribution in [2.24, 2.45) is 0 Å². The molecular formula is C8H17NOS. The van der Waals surface area contributed by atoms with E-state index >= 15 is 0 Å². The fraction of sp³-hybridized carbons (Fsp3) is 1.00. The van der Waals surface area contributed by atoms with E-state index in [0.29, 0.717) is 0 Å². The van der Waals surface area contributed by atoms with Crippen molar-refractivity contribution in [1.29, 1.82) is 0 Å². The number of likely N-dealkylation sites (tertiary alicyclic amines) is 1. The maximum atomic E-state index is 5.33. The number of hydrogen-bond donors (Lipinski definition) is 1. The van der Waals surface area contributed by atoms with E-state index in [2.05, 4.69) is 17.5 Å². The van der Waals surface area contributed by atoms with Crippen LogP contribution in [0.5, 0.6) is 0 Å². The quantitative estimate of drug-likeness (QED) is 0.495. The molecule has 1 rings (SSSR count). The van der Waals surface area contributed by atoms with Crippen molar-refractivity contribution in [2.75, 3.05) is 38.6 Å². The molecule has 0 N–H and O–H groups in total. The van der Waals surface area contributed by atoms with Gasteiger partial charge in [0.05, 0.1) is 13.2 Å². The van der Waals surface area contributed by atoms with Crippen molar-refractivity contribution in [1.82, 2.24) is 4.90 Å². The number of hydrogen-bond acceptors (Lipinski definition) is 3. The van der Waals surface area contributed by atoms with Crippen molar-refractivity contribution in [2.45, 2.75) is 12.8 Å². The van der Waals surface area contributed by atoms with Gasteiger partial charge in [-0.1, -0.05) is 0 Å². The first kappa shape index (κ1) is 9.36. The minimum atomic E-state index is 0.789. The van der Waals surface area contributed by atoms with Gasteiger partial charge in [-0.05, 0) is 25.9 Å². The molecule has 0 aromatic rings. The van der Waals surface area contributed by atoms with Gasteiger partial charge in [0, 0.05) is 12.3 Å². The van der Waals surface area contributed by atoms with Crippen LogP contribution in [0.2, 0.25) is 0 Å². The summed E-state index contributed by atoms with van der Waals surface area (Å²) in [5.74, 6) is 0.833. The average Bonchev–Trinajstić information content (AvgIpc) is 2.50. The molecule has 1 aliphatic rings. The lowest BCUT2D eigenvalue weighted by Crippen LogP contribution is -2.24. The van der Waals surface area contributed by atoms with Gasteiger partial charge in [-0.2, -0.15) is 12.6 Å². The van der Waals surface area contributed by atoms with Crippen LogP contribution < -0.4 is 0 Å². The zero-order valence-corrected chi connectivity index (χ0v) is 7.85. The summed E-state index contributed by atoms with van der Waals surface area (Å²) in [5, 5.41) is 0. The number of thiol groups is 1. The summed E-state index contributed by atoms with van der Waals surface area (Å²) in [4.78, 5) is 2.46. The van der Waals surface area contributed by atoms with Crippen molar-refractivity contribution < 1.29 is 4.74 Å². The van der Waals surface area contributed by atoms with Gasteiger partial charge >= 0.3 is 0 Å². The first-order chi connectivity index (χ1) is 5.43. The lowest BCUT2D eigenvalue weighted by molar-refractivity contribution is 0.124. The fourth-order valence-corrected chi connectivity index (χ4v) is 1.50. The zero-order valence-electron chi connectivity index (χ0n) is 6.96. The minimum absolute atomic E-state index is 0.789. The van der Waals surface area contributed by atoms with Gasteiger partial charge in [0.2, 0.25) is 0 Å². The molecule has 2 nitrogen and oxygen atoms in total. The summed E-state index contributed by atoms with van der Waals surface area (Å²) in [7, 11) is 0. The summed E-state index contributed by atoms with van der Waals surface area (Å²) in [5.41, 5.74) is 0. The van der Waals surface area contributed by atoms with Crippen LogP contribution in [0.15, 0.2) is 0 Å².